The molecule has 4 nitrogen and oxygen atoms in total. The molecule has 1 amide bonds. The van der Waals surface area contributed by atoms with E-state index in [1.165, 1.54) is 12.8 Å². The Hall–Kier alpha value is -1.55. The number of carbonyl (C=O) groups excluding carboxylic acids is 1. The first-order chi connectivity index (χ1) is 10.5. The predicted molar refractivity (Wildman–Crippen MR) is 91.7 cm³/mol. The van der Waals surface area contributed by atoms with Crippen molar-refractivity contribution in [1.82, 2.24) is 10.2 Å². The number of anilines is 1. The van der Waals surface area contributed by atoms with Gasteiger partial charge in [0.2, 0.25) is 0 Å². The highest BCUT2D eigenvalue weighted by molar-refractivity contribution is 5.95. The molecule has 1 unspecified atom stereocenters. The molecular weight excluding hydrogens is 274 g/mol. The van der Waals surface area contributed by atoms with Gasteiger partial charge in [0.25, 0.3) is 5.91 Å². The number of hydrogen-bond acceptors (Lipinski definition) is 3. The first kappa shape index (κ1) is 16.8. The molecule has 1 aromatic rings. The number of rotatable bonds is 5. The fourth-order valence-corrected chi connectivity index (χ4v) is 2.95. The molecule has 22 heavy (non-hydrogen) atoms. The van der Waals surface area contributed by atoms with E-state index >= 15 is 0 Å². The summed E-state index contributed by atoms with van der Waals surface area (Å²) in [6.07, 6.45) is 2.58. The molecule has 4 heteroatoms. The number of carbonyl (C=O) groups is 1. The van der Waals surface area contributed by atoms with Crippen molar-refractivity contribution in [2.24, 2.45) is 11.8 Å². The van der Waals surface area contributed by atoms with E-state index in [-0.39, 0.29) is 5.91 Å². The third-order valence-electron chi connectivity index (χ3n) is 4.21. The molecule has 1 fully saturated rings. The van der Waals surface area contributed by atoms with E-state index in [2.05, 4.69) is 31.0 Å². The molecule has 1 saturated heterocycles. The van der Waals surface area contributed by atoms with Crippen molar-refractivity contribution >= 4 is 11.6 Å². The summed E-state index contributed by atoms with van der Waals surface area (Å²) in [5.74, 6) is 1.16. The first-order valence-corrected chi connectivity index (χ1v) is 8.34. The molecule has 3 N–H and O–H groups in total. The highest BCUT2D eigenvalue weighted by Crippen LogP contribution is 2.21. The van der Waals surface area contributed by atoms with E-state index in [1.54, 1.807) is 6.07 Å². The lowest BCUT2D eigenvalue weighted by Gasteiger charge is -2.31. The van der Waals surface area contributed by atoms with Crippen molar-refractivity contribution in [3.05, 3.63) is 29.3 Å². The van der Waals surface area contributed by atoms with Crippen LogP contribution in [0, 0.1) is 11.8 Å². The predicted octanol–water partition coefficient (Wildman–Crippen LogP) is 2.89. The van der Waals surface area contributed by atoms with E-state index in [1.807, 2.05) is 12.1 Å². The van der Waals surface area contributed by atoms with Gasteiger partial charge < -0.3 is 11.1 Å². The maximum atomic E-state index is 12.1. The fourth-order valence-electron chi connectivity index (χ4n) is 2.95. The van der Waals surface area contributed by atoms with Crippen LogP contribution in [-0.4, -0.2) is 30.4 Å². The van der Waals surface area contributed by atoms with Crippen molar-refractivity contribution in [2.45, 2.75) is 40.2 Å². The second-order valence-corrected chi connectivity index (χ2v) is 7.00. The van der Waals surface area contributed by atoms with Crippen LogP contribution in [0.3, 0.4) is 0 Å². The molecule has 0 radical (unpaired) electrons. The summed E-state index contributed by atoms with van der Waals surface area (Å²) in [5, 5.41) is 2.93. The number of nitrogens with zero attached hydrogens (tertiary/aromatic N) is 1. The molecule has 0 aromatic heterocycles. The topological polar surface area (TPSA) is 58.4 Å². The Bertz CT molecular complexity index is 513. The van der Waals surface area contributed by atoms with Crippen LogP contribution in [0.4, 0.5) is 5.69 Å². The van der Waals surface area contributed by atoms with Gasteiger partial charge in [0, 0.05) is 30.9 Å². The summed E-state index contributed by atoms with van der Waals surface area (Å²) in [5.41, 5.74) is 8.65. The van der Waals surface area contributed by atoms with Gasteiger partial charge >= 0.3 is 0 Å². The van der Waals surface area contributed by atoms with E-state index in [9.17, 15) is 4.79 Å². The third-order valence-corrected chi connectivity index (χ3v) is 4.21. The van der Waals surface area contributed by atoms with Crippen LogP contribution >= 0.6 is 0 Å². The molecule has 122 valence electrons. The van der Waals surface area contributed by atoms with E-state index in [0.717, 1.165) is 36.8 Å². The summed E-state index contributed by atoms with van der Waals surface area (Å²) >= 11 is 0. The first-order valence-electron chi connectivity index (χ1n) is 8.34. The maximum Gasteiger partial charge on any atom is 0.251 e. The molecule has 1 aromatic carbocycles. The van der Waals surface area contributed by atoms with Crippen LogP contribution in [0.15, 0.2) is 18.2 Å². The number of benzene rings is 1. The number of amides is 1. The molecular formula is C18H29N3O. The summed E-state index contributed by atoms with van der Waals surface area (Å²) in [7, 11) is 0. The molecule has 0 aliphatic carbocycles. The molecule has 1 aliphatic heterocycles. The van der Waals surface area contributed by atoms with Crippen molar-refractivity contribution in [3.63, 3.8) is 0 Å². The Morgan fingerprint density at radius 3 is 2.86 bits per heavy atom. The van der Waals surface area contributed by atoms with Crippen molar-refractivity contribution in [3.8, 4) is 0 Å². The fraction of sp³-hybridized carbons (Fsp3) is 0.611. The standard InChI is InChI=1S/C18H29N3O/c1-13(2)10-20-18(22)15-6-7-16(17(19)9-15)12-21-8-4-5-14(3)11-21/h6-7,9,13-14H,4-5,8,10-12,19H2,1-3H3,(H,20,22). The molecule has 0 bridgehead atoms. The van der Waals surface area contributed by atoms with Crippen LogP contribution in [0.25, 0.3) is 0 Å². The van der Waals surface area contributed by atoms with Crippen LogP contribution in [0.5, 0.6) is 0 Å². The van der Waals surface area contributed by atoms with Gasteiger partial charge in [-0.1, -0.05) is 26.8 Å². The van der Waals surface area contributed by atoms with E-state index in [4.69, 9.17) is 5.73 Å². The molecule has 1 heterocycles. The summed E-state index contributed by atoms with van der Waals surface area (Å²) in [6.45, 7) is 10.3. The summed E-state index contributed by atoms with van der Waals surface area (Å²) in [6, 6.07) is 5.69. The number of nitrogens with two attached hydrogens (primary N) is 1. The monoisotopic (exact) mass is 303 g/mol. The lowest BCUT2D eigenvalue weighted by Crippen LogP contribution is -2.34. The molecule has 0 saturated carbocycles. The Balaban J connectivity index is 1.98. The van der Waals surface area contributed by atoms with Crippen LogP contribution in [-0.2, 0) is 6.54 Å². The number of likely N-dealkylation sites (tertiary alicyclic amines) is 1. The zero-order valence-corrected chi connectivity index (χ0v) is 14.1. The lowest BCUT2D eigenvalue weighted by molar-refractivity contribution is 0.0949. The van der Waals surface area contributed by atoms with Crippen LogP contribution in [0.1, 0.15) is 49.5 Å². The second kappa shape index (κ2) is 7.63. The number of hydrogen-bond donors (Lipinski definition) is 2. The Kier molecular flexibility index (Phi) is 5.83. The second-order valence-electron chi connectivity index (χ2n) is 7.00. The SMILES string of the molecule is CC(C)CNC(=O)c1ccc(CN2CCCC(C)C2)c(N)c1. The number of piperidine rings is 1. The summed E-state index contributed by atoms with van der Waals surface area (Å²) < 4.78 is 0. The van der Waals surface area contributed by atoms with E-state index < -0.39 is 0 Å². The highest BCUT2D eigenvalue weighted by atomic mass is 16.1. The zero-order valence-electron chi connectivity index (χ0n) is 14.1. The van der Waals surface area contributed by atoms with Gasteiger partial charge in [-0.25, -0.2) is 0 Å². The average molecular weight is 303 g/mol. The minimum atomic E-state index is -0.0430. The quantitative estimate of drug-likeness (QED) is 0.822. The van der Waals surface area contributed by atoms with Gasteiger partial charge in [-0.15, -0.1) is 0 Å². The van der Waals surface area contributed by atoms with Gasteiger partial charge in [0.05, 0.1) is 0 Å². The van der Waals surface area contributed by atoms with Gasteiger partial charge in [0.1, 0.15) is 0 Å². The van der Waals surface area contributed by atoms with Crippen molar-refractivity contribution in [1.29, 1.82) is 0 Å². The Morgan fingerprint density at radius 2 is 2.23 bits per heavy atom. The lowest BCUT2D eigenvalue weighted by atomic mass is 9.99. The molecule has 2 rings (SSSR count). The van der Waals surface area contributed by atoms with Gasteiger partial charge in [0.15, 0.2) is 0 Å². The smallest absolute Gasteiger partial charge is 0.251 e. The number of nitrogens with one attached hydrogen (secondary N) is 1. The molecule has 0 spiro atoms. The molecule has 1 atom stereocenters. The van der Waals surface area contributed by atoms with Crippen LogP contribution in [0.2, 0.25) is 0 Å². The highest BCUT2D eigenvalue weighted by Gasteiger charge is 2.17. The van der Waals surface area contributed by atoms with E-state index in [0.29, 0.717) is 18.0 Å². The minimum Gasteiger partial charge on any atom is -0.398 e. The van der Waals surface area contributed by atoms with Crippen molar-refractivity contribution < 1.29 is 4.79 Å². The van der Waals surface area contributed by atoms with Gasteiger partial charge in [-0.05, 0) is 48.9 Å². The third kappa shape index (κ3) is 4.73. The zero-order chi connectivity index (χ0) is 16.1. The van der Waals surface area contributed by atoms with Crippen LogP contribution < -0.4 is 11.1 Å². The Morgan fingerprint density at radius 1 is 1.45 bits per heavy atom. The maximum absolute atomic E-state index is 12.1. The van der Waals surface area contributed by atoms with Gasteiger partial charge in [-0.3, -0.25) is 9.69 Å². The Labute approximate surface area is 134 Å². The molecule has 1 aliphatic rings. The summed E-state index contributed by atoms with van der Waals surface area (Å²) in [4.78, 5) is 14.5. The minimum absolute atomic E-state index is 0.0430. The average Bonchev–Trinajstić information content (AvgIpc) is 2.47. The number of nitrogen functional groups attached to an aromatic ring is 1. The van der Waals surface area contributed by atoms with Gasteiger partial charge in [-0.2, -0.15) is 0 Å². The largest absolute Gasteiger partial charge is 0.398 e. The van der Waals surface area contributed by atoms with Crippen molar-refractivity contribution in [2.75, 3.05) is 25.4 Å². The normalized spacial score (nSPS) is 19.4.